The van der Waals surface area contributed by atoms with E-state index in [4.69, 9.17) is 0 Å². The third kappa shape index (κ3) is 2.10. The van der Waals surface area contributed by atoms with Gasteiger partial charge < -0.3 is 5.11 Å². The van der Waals surface area contributed by atoms with Crippen LogP contribution >= 0.6 is 0 Å². The van der Waals surface area contributed by atoms with Crippen molar-refractivity contribution in [2.24, 2.45) is 23.7 Å². The van der Waals surface area contributed by atoms with Crippen LogP contribution in [0.2, 0.25) is 0 Å². The van der Waals surface area contributed by atoms with Crippen molar-refractivity contribution < 1.29 is 9.90 Å². The second-order valence-electron chi connectivity index (χ2n) is 7.99. The van der Waals surface area contributed by atoms with Crippen LogP contribution in [0.1, 0.15) is 59.3 Å². The van der Waals surface area contributed by atoms with E-state index in [1.807, 2.05) is 20.8 Å². The normalized spacial score (nSPS) is 43.5. The SMILES string of the molecule is CC(C)C(C)(NC12CC3CC(CC(C3)C1)C2)C(=O)O. The van der Waals surface area contributed by atoms with E-state index < -0.39 is 11.5 Å². The van der Waals surface area contributed by atoms with Gasteiger partial charge in [-0.25, -0.2) is 0 Å². The van der Waals surface area contributed by atoms with Crippen LogP contribution in [0.4, 0.5) is 0 Å². The van der Waals surface area contributed by atoms with Crippen molar-refractivity contribution in [3.8, 4) is 0 Å². The molecule has 4 aliphatic carbocycles. The van der Waals surface area contributed by atoms with Gasteiger partial charge in [0.05, 0.1) is 0 Å². The number of rotatable bonds is 4. The third-order valence-corrected chi connectivity index (χ3v) is 6.16. The van der Waals surface area contributed by atoms with Gasteiger partial charge in [-0.3, -0.25) is 10.1 Å². The van der Waals surface area contributed by atoms with Crippen molar-refractivity contribution in [1.29, 1.82) is 0 Å². The minimum Gasteiger partial charge on any atom is -0.480 e. The zero-order valence-electron chi connectivity index (χ0n) is 12.4. The lowest BCUT2D eigenvalue weighted by Gasteiger charge is -2.59. The largest absolute Gasteiger partial charge is 0.480 e. The van der Waals surface area contributed by atoms with Gasteiger partial charge in [0.25, 0.3) is 0 Å². The van der Waals surface area contributed by atoms with Gasteiger partial charge in [-0.05, 0) is 69.1 Å². The molecule has 0 radical (unpaired) electrons. The number of carbonyl (C=O) groups is 1. The van der Waals surface area contributed by atoms with Gasteiger partial charge in [-0.1, -0.05) is 13.8 Å². The maximum atomic E-state index is 11.7. The molecular weight excluding hydrogens is 238 g/mol. The van der Waals surface area contributed by atoms with E-state index in [1.54, 1.807) is 0 Å². The molecule has 2 N–H and O–H groups in total. The fraction of sp³-hybridized carbons (Fsp3) is 0.938. The zero-order chi connectivity index (χ0) is 13.8. The summed E-state index contributed by atoms with van der Waals surface area (Å²) in [5, 5.41) is 13.3. The molecule has 0 spiro atoms. The smallest absolute Gasteiger partial charge is 0.323 e. The number of carboxylic acids is 1. The number of hydrogen-bond acceptors (Lipinski definition) is 2. The van der Waals surface area contributed by atoms with Crippen LogP contribution in [0.25, 0.3) is 0 Å². The monoisotopic (exact) mass is 265 g/mol. The molecule has 1 unspecified atom stereocenters. The van der Waals surface area contributed by atoms with Crippen LogP contribution in [0.3, 0.4) is 0 Å². The molecule has 3 heteroatoms. The summed E-state index contributed by atoms with van der Waals surface area (Å²) in [6.07, 6.45) is 7.79. The summed E-state index contributed by atoms with van der Waals surface area (Å²) in [7, 11) is 0. The van der Waals surface area contributed by atoms with E-state index >= 15 is 0 Å². The van der Waals surface area contributed by atoms with Gasteiger partial charge in [0.2, 0.25) is 0 Å². The molecule has 4 fully saturated rings. The van der Waals surface area contributed by atoms with E-state index in [9.17, 15) is 9.90 Å². The van der Waals surface area contributed by atoms with Crippen molar-refractivity contribution >= 4 is 5.97 Å². The Bertz CT molecular complexity index is 355. The average molecular weight is 265 g/mol. The van der Waals surface area contributed by atoms with E-state index in [2.05, 4.69) is 5.32 Å². The molecule has 4 bridgehead atoms. The lowest BCUT2D eigenvalue weighted by atomic mass is 9.52. The quantitative estimate of drug-likeness (QED) is 0.821. The highest BCUT2D eigenvalue weighted by atomic mass is 16.4. The van der Waals surface area contributed by atoms with Crippen molar-refractivity contribution in [2.45, 2.75) is 70.4 Å². The fourth-order valence-corrected chi connectivity index (χ4v) is 5.26. The number of aliphatic carboxylic acids is 1. The van der Waals surface area contributed by atoms with E-state index in [0.29, 0.717) is 0 Å². The first-order chi connectivity index (χ1) is 8.83. The van der Waals surface area contributed by atoms with Crippen molar-refractivity contribution in [1.82, 2.24) is 5.32 Å². The van der Waals surface area contributed by atoms with Gasteiger partial charge in [-0.2, -0.15) is 0 Å². The molecule has 1 atom stereocenters. The highest BCUT2D eigenvalue weighted by molar-refractivity contribution is 5.78. The van der Waals surface area contributed by atoms with Gasteiger partial charge in [0, 0.05) is 5.54 Å². The molecule has 0 aromatic rings. The van der Waals surface area contributed by atoms with Crippen molar-refractivity contribution in [2.75, 3.05) is 0 Å². The summed E-state index contributed by atoms with van der Waals surface area (Å²) in [5.74, 6) is 1.97. The highest BCUT2D eigenvalue weighted by Crippen LogP contribution is 2.56. The molecule has 19 heavy (non-hydrogen) atoms. The number of nitrogens with one attached hydrogen (secondary N) is 1. The Balaban J connectivity index is 1.84. The summed E-state index contributed by atoms with van der Waals surface area (Å²) in [5.41, 5.74) is -0.669. The molecule has 108 valence electrons. The fourth-order valence-electron chi connectivity index (χ4n) is 5.26. The lowest BCUT2D eigenvalue weighted by molar-refractivity contribution is -0.149. The summed E-state index contributed by atoms with van der Waals surface area (Å²) >= 11 is 0. The van der Waals surface area contributed by atoms with Crippen LogP contribution in [0, 0.1) is 23.7 Å². The molecule has 0 amide bonds. The maximum absolute atomic E-state index is 11.7. The predicted octanol–water partition coefficient (Wildman–Crippen LogP) is 3.04. The van der Waals surface area contributed by atoms with E-state index in [0.717, 1.165) is 17.8 Å². The Morgan fingerprint density at radius 2 is 1.58 bits per heavy atom. The van der Waals surface area contributed by atoms with E-state index in [-0.39, 0.29) is 11.5 Å². The summed E-state index contributed by atoms with van der Waals surface area (Å²) in [4.78, 5) is 11.7. The standard InChI is InChI=1S/C16H27NO2/c1-10(2)15(3,14(18)19)17-16-7-11-4-12(8-16)6-13(5-11)9-16/h10-13,17H,4-9H2,1-3H3,(H,18,19). The molecule has 4 saturated carbocycles. The number of carboxylic acid groups (broad SMARTS) is 1. The summed E-state index contributed by atoms with van der Waals surface area (Å²) < 4.78 is 0. The van der Waals surface area contributed by atoms with Gasteiger partial charge in [0.15, 0.2) is 0 Å². The van der Waals surface area contributed by atoms with Gasteiger partial charge in [-0.15, -0.1) is 0 Å². The van der Waals surface area contributed by atoms with Crippen LogP contribution in [0.5, 0.6) is 0 Å². The third-order valence-electron chi connectivity index (χ3n) is 6.16. The average Bonchev–Trinajstić information content (AvgIpc) is 2.25. The Kier molecular flexibility index (Phi) is 2.97. The molecule has 3 nitrogen and oxygen atoms in total. The first-order valence-corrected chi connectivity index (χ1v) is 7.86. The van der Waals surface area contributed by atoms with Gasteiger partial charge in [0.1, 0.15) is 5.54 Å². The van der Waals surface area contributed by atoms with Crippen molar-refractivity contribution in [3.63, 3.8) is 0 Å². The molecule has 4 aliphatic rings. The molecule has 4 rings (SSSR count). The Morgan fingerprint density at radius 3 is 1.89 bits per heavy atom. The zero-order valence-corrected chi connectivity index (χ0v) is 12.4. The van der Waals surface area contributed by atoms with Crippen LogP contribution in [-0.4, -0.2) is 22.2 Å². The minimum atomic E-state index is -0.786. The highest BCUT2D eigenvalue weighted by Gasteiger charge is 2.54. The molecule has 0 aromatic heterocycles. The van der Waals surface area contributed by atoms with Crippen molar-refractivity contribution in [3.05, 3.63) is 0 Å². The molecule has 0 aliphatic heterocycles. The Hall–Kier alpha value is -0.570. The Labute approximate surface area is 116 Å². The van der Waals surface area contributed by atoms with Crippen LogP contribution < -0.4 is 5.32 Å². The lowest BCUT2D eigenvalue weighted by Crippen LogP contribution is -2.67. The Morgan fingerprint density at radius 1 is 1.16 bits per heavy atom. The molecule has 0 saturated heterocycles. The minimum absolute atomic E-state index is 0.109. The van der Waals surface area contributed by atoms with E-state index in [1.165, 1.54) is 38.5 Å². The summed E-state index contributed by atoms with van der Waals surface area (Å²) in [6.45, 7) is 5.90. The topological polar surface area (TPSA) is 49.3 Å². The van der Waals surface area contributed by atoms with Gasteiger partial charge >= 0.3 is 5.97 Å². The second kappa shape index (κ2) is 4.21. The van der Waals surface area contributed by atoms with Crippen LogP contribution in [-0.2, 0) is 4.79 Å². The number of hydrogen-bond donors (Lipinski definition) is 2. The maximum Gasteiger partial charge on any atom is 0.323 e. The molecule has 0 heterocycles. The molecule has 0 aromatic carbocycles. The first-order valence-electron chi connectivity index (χ1n) is 7.86. The first kappa shape index (κ1) is 13.4. The predicted molar refractivity (Wildman–Crippen MR) is 74.9 cm³/mol. The molecular formula is C16H27NO2. The second-order valence-corrected chi connectivity index (χ2v) is 7.99. The summed E-state index contributed by atoms with van der Waals surface area (Å²) in [6, 6.07) is 0. The van der Waals surface area contributed by atoms with Crippen LogP contribution in [0.15, 0.2) is 0 Å².